The summed E-state index contributed by atoms with van der Waals surface area (Å²) in [6.07, 6.45) is 2.73. The smallest absolute Gasteiger partial charge is 0.0406 e. The molecule has 2 unspecified atom stereocenters. The highest BCUT2D eigenvalue weighted by atomic mass is 35.5. The van der Waals surface area contributed by atoms with Crippen LogP contribution in [0.3, 0.4) is 0 Å². The average Bonchev–Trinajstić information content (AvgIpc) is 2.41. The molecule has 2 nitrogen and oxygen atoms in total. The molecule has 3 saturated heterocycles. The predicted octanol–water partition coefficient (Wildman–Crippen LogP) is 3.08. The highest BCUT2D eigenvalue weighted by molar-refractivity contribution is 6.30. The standard InChI is InChI=1S/C15H21ClN2/c1-11(12-2-4-14(16)5-3-12)17-15-10-18-8-6-13(15)7-9-18/h2-5,11,13,15,17H,6-10H2,1H3. The first-order valence-corrected chi connectivity index (χ1v) is 7.34. The van der Waals surface area contributed by atoms with Crippen LogP contribution >= 0.6 is 11.6 Å². The highest BCUT2D eigenvalue weighted by Crippen LogP contribution is 2.29. The fraction of sp³-hybridized carbons (Fsp3) is 0.600. The molecule has 3 heteroatoms. The van der Waals surface area contributed by atoms with Gasteiger partial charge < -0.3 is 10.2 Å². The summed E-state index contributed by atoms with van der Waals surface area (Å²) in [6.45, 7) is 6.08. The van der Waals surface area contributed by atoms with E-state index >= 15 is 0 Å². The molecule has 0 amide bonds. The second-order valence-electron chi connectivity index (χ2n) is 5.68. The second kappa shape index (κ2) is 5.20. The lowest BCUT2D eigenvalue weighted by Gasteiger charge is -2.46. The number of nitrogens with one attached hydrogen (secondary N) is 1. The molecule has 0 aromatic heterocycles. The molecule has 0 radical (unpaired) electrons. The van der Waals surface area contributed by atoms with Crippen LogP contribution in [0.25, 0.3) is 0 Å². The Bertz CT molecular complexity index is 395. The van der Waals surface area contributed by atoms with Crippen molar-refractivity contribution in [3.05, 3.63) is 34.9 Å². The lowest BCUT2D eigenvalue weighted by atomic mass is 9.83. The molecule has 2 atom stereocenters. The third kappa shape index (κ3) is 2.56. The van der Waals surface area contributed by atoms with Crippen molar-refractivity contribution in [2.75, 3.05) is 19.6 Å². The van der Waals surface area contributed by atoms with E-state index in [1.807, 2.05) is 12.1 Å². The monoisotopic (exact) mass is 264 g/mol. The SMILES string of the molecule is CC(NC1CN2CCC1CC2)c1ccc(Cl)cc1. The van der Waals surface area contributed by atoms with Crippen molar-refractivity contribution in [2.45, 2.75) is 31.8 Å². The van der Waals surface area contributed by atoms with Crippen LogP contribution in [0.4, 0.5) is 0 Å². The van der Waals surface area contributed by atoms with E-state index in [-0.39, 0.29) is 0 Å². The van der Waals surface area contributed by atoms with Gasteiger partial charge in [-0.15, -0.1) is 0 Å². The number of nitrogens with zero attached hydrogens (tertiary/aromatic N) is 1. The Hall–Kier alpha value is -0.570. The van der Waals surface area contributed by atoms with Crippen molar-refractivity contribution in [1.29, 1.82) is 0 Å². The van der Waals surface area contributed by atoms with Crippen molar-refractivity contribution in [3.8, 4) is 0 Å². The first-order chi connectivity index (χ1) is 8.72. The van der Waals surface area contributed by atoms with Crippen LogP contribution in [-0.2, 0) is 0 Å². The van der Waals surface area contributed by atoms with Crippen molar-refractivity contribution in [2.24, 2.45) is 5.92 Å². The van der Waals surface area contributed by atoms with Crippen LogP contribution in [0.1, 0.15) is 31.4 Å². The number of hydrogen-bond acceptors (Lipinski definition) is 2. The van der Waals surface area contributed by atoms with E-state index in [1.54, 1.807) is 0 Å². The summed E-state index contributed by atoms with van der Waals surface area (Å²) in [4.78, 5) is 2.59. The van der Waals surface area contributed by atoms with Crippen LogP contribution in [0.2, 0.25) is 5.02 Å². The molecule has 4 rings (SSSR count). The third-order valence-corrected chi connectivity index (χ3v) is 4.74. The first-order valence-electron chi connectivity index (χ1n) is 6.96. The molecule has 18 heavy (non-hydrogen) atoms. The van der Waals surface area contributed by atoms with E-state index in [9.17, 15) is 0 Å². The fourth-order valence-electron chi connectivity index (χ4n) is 3.32. The minimum atomic E-state index is 0.410. The molecule has 0 aliphatic carbocycles. The molecule has 98 valence electrons. The van der Waals surface area contributed by atoms with Crippen LogP contribution in [0.5, 0.6) is 0 Å². The van der Waals surface area contributed by atoms with Gasteiger partial charge in [-0.25, -0.2) is 0 Å². The quantitative estimate of drug-likeness (QED) is 0.903. The molecule has 3 aliphatic heterocycles. The molecule has 1 aromatic carbocycles. The highest BCUT2D eigenvalue weighted by Gasteiger charge is 2.34. The van der Waals surface area contributed by atoms with Crippen LogP contribution in [0, 0.1) is 5.92 Å². The molecule has 1 N–H and O–H groups in total. The molecule has 3 heterocycles. The van der Waals surface area contributed by atoms with E-state index in [0.29, 0.717) is 12.1 Å². The third-order valence-electron chi connectivity index (χ3n) is 4.49. The number of fused-ring (bicyclic) bond motifs is 3. The molecule has 2 bridgehead atoms. The van der Waals surface area contributed by atoms with Gasteiger partial charge >= 0.3 is 0 Å². The van der Waals surface area contributed by atoms with Gasteiger partial charge in [0.2, 0.25) is 0 Å². The van der Waals surface area contributed by atoms with Gasteiger partial charge in [-0.3, -0.25) is 0 Å². The Morgan fingerprint density at radius 2 is 1.89 bits per heavy atom. The summed E-state index contributed by atoms with van der Waals surface area (Å²) >= 11 is 5.93. The number of piperidine rings is 3. The zero-order valence-electron chi connectivity index (χ0n) is 10.9. The number of benzene rings is 1. The summed E-state index contributed by atoms with van der Waals surface area (Å²) in [5, 5.41) is 4.61. The fourth-order valence-corrected chi connectivity index (χ4v) is 3.45. The van der Waals surface area contributed by atoms with Crippen LogP contribution in [0.15, 0.2) is 24.3 Å². The minimum Gasteiger partial charge on any atom is -0.306 e. The number of rotatable bonds is 3. The van der Waals surface area contributed by atoms with Gasteiger partial charge in [0, 0.05) is 23.7 Å². The zero-order chi connectivity index (χ0) is 12.5. The topological polar surface area (TPSA) is 15.3 Å². The average molecular weight is 265 g/mol. The summed E-state index contributed by atoms with van der Waals surface area (Å²) < 4.78 is 0. The van der Waals surface area contributed by atoms with Crippen LogP contribution in [-0.4, -0.2) is 30.6 Å². The summed E-state index contributed by atoms with van der Waals surface area (Å²) in [5.41, 5.74) is 1.33. The van der Waals surface area contributed by atoms with E-state index in [4.69, 9.17) is 11.6 Å². The van der Waals surface area contributed by atoms with Crippen molar-refractivity contribution < 1.29 is 0 Å². The number of hydrogen-bond donors (Lipinski definition) is 1. The van der Waals surface area contributed by atoms with Crippen molar-refractivity contribution in [3.63, 3.8) is 0 Å². The largest absolute Gasteiger partial charge is 0.306 e. The molecule has 0 spiro atoms. The van der Waals surface area contributed by atoms with E-state index in [1.165, 1.54) is 38.0 Å². The van der Waals surface area contributed by atoms with Gasteiger partial charge in [0.1, 0.15) is 0 Å². The Labute approximate surface area is 114 Å². The van der Waals surface area contributed by atoms with Gasteiger partial charge in [-0.1, -0.05) is 23.7 Å². The van der Waals surface area contributed by atoms with Gasteiger partial charge in [-0.2, -0.15) is 0 Å². The van der Waals surface area contributed by atoms with Crippen molar-refractivity contribution >= 4 is 11.6 Å². The first kappa shape index (κ1) is 12.5. The molecular weight excluding hydrogens is 244 g/mol. The van der Waals surface area contributed by atoms with Gasteiger partial charge in [0.05, 0.1) is 0 Å². The Balaban J connectivity index is 1.64. The maximum absolute atomic E-state index is 5.93. The lowest BCUT2D eigenvalue weighted by Crippen LogP contribution is -2.56. The Morgan fingerprint density at radius 3 is 2.44 bits per heavy atom. The minimum absolute atomic E-state index is 0.410. The molecule has 3 aliphatic rings. The van der Waals surface area contributed by atoms with Gasteiger partial charge in [0.15, 0.2) is 0 Å². The molecule has 1 aromatic rings. The molecule has 3 fully saturated rings. The predicted molar refractivity (Wildman–Crippen MR) is 76.0 cm³/mol. The Kier molecular flexibility index (Phi) is 3.60. The summed E-state index contributed by atoms with van der Waals surface area (Å²) in [6, 6.07) is 9.28. The van der Waals surface area contributed by atoms with Gasteiger partial charge in [-0.05, 0) is 56.5 Å². The number of halogens is 1. The molecular formula is C15H21ClN2. The van der Waals surface area contributed by atoms with E-state index in [0.717, 1.165) is 10.9 Å². The molecule has 0 saturated carbocycles. The summed E-state index contributed by atoms with van der Waals surface area (Å²) in [7, 11) is 0. The maximum atomic E-state index is 5.93. The van der Waals surface area contributed by atoms with E-state index in [2.05, 4.69) is 29.3 Å². The normalized spacial score (nSPS) is 32.4. The maximum Gasteiger partial charge on any atom is 0.0406 e. The van der Waals surface area contributed by atoms with Crippen molar-refractivity contribution in [1.82, 2.24) is 10.2 Å². The lowest BCUT2D eigenvalue weighted by molar-refractivity contribution is 0.0680. The zero-order valence-corrected chi connectivity index (χ0v) is 11.7. The van der Waals surface area contributed by atoms with E-state index < -0.39 is 0 Å². The van der Waals surface area contributed by atoms with Crippen LogP contribution < -0.4 is 5.32 Å². The Morgan fingerprint density at radius 1 is 1.22 bits per heavy atom. The second-order valence-corrected chi connectivity index (χ2v) is 6.12. The van der Waals surface area contributed by atoms with Gasteiger partial charge in [0.25, 0.3) is 0 Å². The summed E-state index contributed by atoms with van der Waals surface area (Å²) in [5.74, 6) is 0.879.